The Hall–Kier alpha value is -0.960. The predicted molar refractivity (Wildman–Crippen MR) is 86.6 cm³/mol. The van der Waals surface area contributed by atoms with Crippen LogP contribution in [-0.4, -0.2) is 15.0 Å². The lowest BCUT2D eigenvalue weighted by molar-refractivity contribution is 0.603. The maximum atomic E-state index is 13.2. The SMILES string of the molecule is CCNCc1ccc(S(=O)(=O)Nc2cc(F)ccc2Br)s1. The number of anilines is 1. The first-order valence-electron chi connectivity index (χ1n) is 6.19. The largest absolute Gasteiger partial charge is 0.312 e. The Morgan fingerprint density at radius 3 is 2.76 bits per heavy atom. The monoisotopic (exact) mass is 392 g/mol. The highest BCUT2D eigenvalue weighted by atomic mass is 79.9. The van der Waals surface area contributed by atoms with Crippen LogP contribution in [-0.2, 0) is 16.6 Å². The fourth-order valence-corrected chi connectivity index (χ4v) is 4.49. The Labute approximate surface area is 135 Å². The van der Waals surface area contributed by atoms with Gasteiger partial charge in [0.2, 0.25) is 0 Å². The van der Waals surface area contributed by atoms with Crippen molar-refractivity contribution in [1.29, 1.82) is 0 Å². The quantitative estimate of drug-likeness (QED) is 0.789. The highest BCUT2D eigenvalue weighted by Crippen LogP contribution is 2.28. The zero-order valence-corrected chi connectivity index (χ0v) is 14.4. The van der Waals surface area contributed by atoms with Crippen molar-refractivity contribution in [1.82, 2.24) is 5.32 Å². The van der Waals surface area contributed by atoms with Crippen molar-refractivity contribution in [2.45, 2.75) is 17.7 Å². The van der Waals surface area contributed by atoms with Gasteiger partial charge in [-0.05, 0) is 52.8 Å². The first-order valence-corrected chi connectivity index (χ1v) is 9.29. The van der Waals surface area contributed by atoms with E-state index < -0.39 is 15.8 Å². The van der Waals surface area contributed by atoms with E-state index in [-0.39, 0.29) is 9.90 Å². The van der Waals surface area contributed by atoms with E-state index in [0.29, 0.717) is 11.0 Å². The summed E-state index contributed by atoms with van der Waals surface area (Å²) < 4.78 is 40.9. The molecule has 2 N–H and O–H groups in total. The van der Waals surface area contributed by atoms with Crippen molar-refractivity contribution in [2.24, 2.45) is 0 Å². The molecule has 4 nitrogen and oxygen atoms in total. The average Bonchev–Trinajstić information content (AvgIpc) is 2.90. The van der Waals surface area contributed by atoms with Gasteiger partial charge in [-0.2, -0.15) is 0 Å². The van der Waals surface area contributed by atoms with Crippen LogP contribution in [0.3, 0.4) is 0 Å². The molecule has 2 rings (SSSR count). The average molecular weight is 393 g/mol. The molecule has 0 atom stereocenters. The molecule has 1 aromatic carbocycles. The van der Waals surface area contributed by atoms with Crippen LogP contribution in [0.4, 0.5) is 10.1 Å². The van der Waals surface area contributed by atoms with E-state index in [0.717, 1.165) is 17.5 Å². The lowest BCUT2D eigenvalue weighted by Gasteiger charge is -2.08. The molecule has 21 heavy (non-hydrogen) atoms. The maximum Gasteiger partial charge on any atom is 0.271 e. The number of hydrogen-bond donors (Lipinski definition) is 2. The Morgan fingerprint density at radius 2 is 2.05 bits per heavy atom. The van der Waals surface area contributed by atoms with Gasteiger partial charge in [0, 0.05) is 15.9 Å². The molecule has 0 bridgehead atoms. The summed E-state index contributed by atoms with van der Waals surface area (Å²) in [5.74, 6) is -0.505. The summed E-state index contributed by atoms with van der Waals surface area (Å²) in [4.78, 5) is 0.926. The van der Waals surface area contributed by atoms with Gasteiger partial charge in [0.15, 0.2) is 0 Å². The van der Waals surface area contributed by atoms with Crippen molar-refractivity contribution in [3.8, 4) is 0 Å². The van der Waals surface area contributed by atoms with Crippen molar-refractivity contribution >= 4 is 43.0 Å². The van der Waals surface area contributed by atoms with Gasteiger partial charge in [0.1, 0.15) is 10.0 Å². The van der Waals surface area contributed by atoms with Gasteiger partial charge in [0.25, 0.3) is 10.0 Å². The minimum Gasteiger partial charge on any atom is -0.312 e. The van der Waals surface area contributed by atoms with Gasteiger partial charge in [-0.25, -0.2) is 12.8 Å². The number of benzene rings is 1. The second kappa shape index (κ2) is 6.87. The van der Waals surface area contributed by atoms with Crippen molar-refractivity contribution in [2.75, 3.05) is 11.3 Å². The molecule has 1 aromatic heterocycles. The van der Waals surface area contributed by atoms with Crippen LogP contribution in [0.25, 0.3) is 0 Å². The first kappa shape index (κ1) is 16.4. The molecule has 0 spiro atoms. The van der Waals surface area contributed by atoms with Crippen molar-refractivity contribution in [3.05, 3.63) is 45.5 Å². The van der Waals surface area contributed by atoms with E-state index in [9.17, 15) is 12.8 Å². The number of sulfonamides is 1. The molecule has 0 aliphatic heterocycles. The number of rotatable bonds is 6. The number of thiophene rings is 1. The van der Waals surface area contributed by atoms with Gasteiger partial charge < -0.3 is 5.32 Å². The lowest BCUT2D eigenvalue weighted by atomic mass is 10.3. The standard InChI is InChI=1S/C13H14BrFN2O2S2/c1-2-16-8-10-4-6-13(20-10)21(18,19)17-12-7-9(15)3-5-11(12)14/h3-7,16-17H,2,8H2,1H3. The summed E-state index contributed by atoms with van der Waals surface area (Å²) >= 11 is 4.38. The second-order valence-electron chi connectivity index (χ2n) is 4.23. The maximum absolute atomic E-state index is 13.2. The fourth-order valence-electron chi connectivity index (χ4n) is 1.62. The van der Waals surface area contributed by atoms with Crippen LogP contribution in [0.1, 0.15) is 11.8 Å². The Morgan fingerprint density at radius 1 is 1.29 bits per heavy atom. The topological polar surface area (TPSA) is 58.2 Å². The Kier molecular flexibility index (Phi) is 5.37. The van der Waals surface area contributed by atoms with Gasteiger partial charge in [-0.15, -0.1) is 11.3 Å². The van der Waals surface area contributed by atoms with Crippen LogP contribution in [0, 0.1) is 5.82 Å². The van der Waals surface area contributed by atoms with Crippen LogP contribution < -0.4 is 10.0 Å². The highest BCUT2D eigenvalue weighted by Gasteiger charge is 2.18. The van der Waals surface area contributed by atoms with Gasteiger partial charge in [-0.1, -0.05) is 6.92 Å². The van der Waals surface area contributed by atoms with E-state index >= 15 is 0 Å². The summed E-state index contributed by atoms with van der Waals surface area (Å²) in [5.41, 5.74) is 0.177. The van der Waals surface area contributed by atoms with E-state index in [1.54, 1.807) is 12.1 Å². The smallest absolute Gasteiger partial charge is 0.271 e. The van der Waals surface area contributed by atoms with Gasteiger partial charge in [0.05, 0.1) is 5.69 Å². The van der Waals surface area contributed by atoms with Crippen molar-refractivity contribution < 1.29 is 12.8 Å². The molecule has 0 aliphatic carbocycles. The molecule has 0 fully saturated rings. The third kappa shape index (κ3) is 4.26. The fraction of sp³-hybridized carbons (Fsp3) is 0.231. The Bertz CT molecular complexity index is 732. The summed E-state index contributed by atoms with van der Waals surface area (Å²) in [6.07, 6.45) is 0. The van der Waals surface area contributed by atoms with Gasteiger partial charge >= 0.3 is 0 Å². The molecule has 0 saturated heterocycles. The minimum absolute atomic E-state index is 0.177. The summed E-state index contributed by atoms with van der Waals surface area (Å²) in [6, 6.07) is 7.16. The number of hydrogen-bond acceptors (Lipinski definition) is 4. The zero-order chi connectivity index (χ0) is 15.5. The molecule has 114 valence electrons. The Balaban J connectivity index is 2.22. The molecular weight excluding hydrogens is 379 g/mol. The number of halogens is 2. The lowest BCUT2D eigenvalue weighted by Crippen LogP contribution is -2.12. The molecular formula is C13H14BrFN2O2S2. The van der Waals surface area contributed by atoms with Crippen LogP contribution in [0.2, 0.25) is 0 Å². The van der Waals surface area contributed by atoms with Gasteiger partial charge in [-0.3, -0.25) is 4.72 Å². The van der Waals surface area contributed by atoms with E-state index in [2.05, 4.69) is 26.0 Å². The van der Waals surface area contributed by atoms with E-state index in [1.807, 2.05) is 6.92 Å². The molecule has 8 heteroatoms. The third-order valence-corrected chi connectivity index (χ3v) is 6.26. The summed E-state index contributed by atoms with van der Waals surface area (Å²) in [5, 5.41) is 3.13. The zero-order valence-electron chi connectivity index (χ0n) is 11.2. The number of nitrogens with one attached hydrogen (secondary N) is 2. The first-order chi connectivity index (χ1) is 9.92. The summed E-state index contributed by atoms with van der Waals surface area (Å²) in [7, 11) is -3.71. The van der Waals surface area contributed by atoms with Crippen LogP contribution in [0.15, 0.2) is 39.0 Å². The molecule has 1 heterocycles. The highest BCUT2D eigenvalue weighted by molar-refractivity contribution is 9.10. The van der Waals surface area contributed by atoms with E-state index in [4.69, 9.17) is 0 Å². The molecule has 0 aliphatic rings. The minimum atomic E-state index is -3.71. The molecule has 0 amide bonds. The molecule has 0 saturated carbocycles. The molecule has 0 unspecified atom stereocenters. The molecule has 2 aromatic rings. The summed E-state index contributed by atoms with van der Waals surface area (Å²) in [6.45, 7) is 3.42. The van der Waals surface area contributed by atoms with Crippen molar-refractivity contribution in [3.63, 3.8) is 0 Å². The molecule has 0 radical (unpaired) electrons. The van der Waals surface area contributed by atoms with Crippen LogP contribution in [0.5, 0.6) is 0 Å². The predicted octanol–water partition coefficient (Wildman–Crippen LogP) is 3.56. The normalized spacial score (nSPS) is 11.6. The second-order valence-corrected chi connectivity index (χ2v) is 8.16. The third-order valence-electron chi connectivity index (χ3n) is 2.62. The van der Waals surface area contributed by atoms with Crippen LogP contribution >= 0.6 is 27.3 Å². The van der Waals surface area contributed by atoms with E-state index in [1.165, 1.54) is 23.5 Å².